The Morgan fingerprint density at radius 2 is 1.92 bits per heavy atom. The number of nitrogens with two attached hydrogens (primary N) is 1. The van der Waals surface area contributed by atoms with Crippen molar-refractivity contribution < 1.29 is 14.3 Å². The van der Waals surface area contributed by atoms with Crippen molar-refractivity contribution in [3.63, 3.8) is 0 Å². The molecule has 5 heteroatoms. The summed E-state index contributed by atoms with van der Waals surface area (Å²) in [4.78, 5) is 20.6. The predicted octanol–water partition coefficient (Wildman–Crippen LogP) is -0.780. The van der Waals surface area contributed by atoms with Crippen molar-refractivity contribution in [3.8, 4) is 12.8 Å². The number of esters is 1. The number of hydrogen-bond donors (Lipinski definition) is 2. The molecule has 0 aliphatic carbocycles. The van der Waals surface area contributed by atoms with E-state index in [-0.39, 0.29) is 12.5 Å². The number of hydrogen-bond acceptors (Lipinski definition) is 4. The molecule has 0 bridgehead atoms. The highest BCUT2D eigenvalue weighted by Gasteiger charge is 2.04. The average molecular weight is 186 g/mol. The number of ether oxygens (including phenoxy) is 1. The van der Waals surface area contributed by atoms with Gasteiger partial charge in [0, 0.05) is 13.8 Å². The zero-order valence-corrected chi connectivity index (χ0v) is 7.74. The summed E-state index contributed by atoms with van der Waals surface area (Å²) in [6, 6.07) is 0. The summed E-state index contributed by atoms with van der Waals surface area (Å²) in [5, 5.41) is 2.41. The first kappa shape index (κ1) is 14.0. The van der Waals surface area contributed by atoms with Crippen molar-refractivity contribution in [1.29, 1.82) is 0 Å². The molecule has 0 aliphatic heterocycles. The van der Waals surface area contributed by atoms with Crippen LogP contribution >= 0.6 is 0 Å². The normalized spacial score (nSPS) is 10.2. The summed E-state index contributed by atoms with van der Waals surface area (Å²) < 4.78 is 4.52. The first-order chi connectivity index (χ1) is 6.02. The molecule has 0 fully saturated rings. The third-order valence-corrected chi connectivity index (χ3v) is 0.870. The molecule has 1 amide bonds. The number of nitrogens with one attached hydrogen (secondary N) is 1. The Morgan fingerprint density at radius 1 is 1.46 bits per heavy atom. The van der Waals surface area contributed by atoms with Gasteiger partial charge >= 0.3 is 5.97 Å². The molecular weight excluding hydrogens is 172 g/mol. The van der Waals surface area contributed by atoms with Crippen LogP contribution in [0.1, 0.15) is 13.8 Å². The Hall–Kier alpha value is -1.54. The minimum Gasteiger partial charge on any atom is -0.445 e. The number of rotatable bonds is 3. The van der Waals surface area contributed by atoms with Crippen molar-refractivity contribution in [2.45, 2.75) is 20.1 Å². The van der Waals surface area contributed by atoms with Gasteiger partial charge in [-0.1, -0.05) is 0 Å². The van der Waals surface area contributed by atoms with Gasteiger partial charge in [0.2, 0.25) is 5.91 Å². The molecule has 3 N–H and O–H groups in total. The lowest BCUT2D eigenvalue weighted by Gasteiger charge is -2.10. The van der Waals surface area contributed by atoms with Gasteiger partial charge in [-0.15, -0.1) is 12.8 Å². The highest BCUT2D eigenvalue weighted by molar-refractivity contribution is 5.72. The van der Waals surface area contributed by atoms with E-state index in [1.165, 1.54) is 13.8 Å². The lowest BCUT2D eigenvalue weighted by atomic mass is 10.5. The van der Waals surface area contributed by atoms with Crippen LogP contribution in [0.15, 0.2) is 0 Å². The second-order valence-corrected chi connectivity index (χ2v) is 2.08. The number of terminal acetylenes is 1. The fourth-order valence-corrected chi connectivity index (χ4v) is 0.499. The maximum atomic E-state index is 10.3. The van der Waals surface area contributed by atoms with Crippen LogP contribution < -0.4 is 11.1 Å². The Balaban J connectivity index is 0. The third-order valence-electron chi connectivity index (χ3n) is 0.870. The Bertz CT molecular complexity index is 189. The van der Waals surface area contributed by atoms with E-state index in [2.05, 4.69) is 22.9 Å². The zero-order chi connectivity index (χ0) is 10.9. The largest absolute Gasteiger partial charge is 0.445 e. The second kappa shape index (κ2) is 8.56. The van der Waals surface area contributed by atoms with Crippen molar-refractivity contribution in [1.82, 2.24) is 5.32 Å². The van der Waals surface area contributed by atoms with Crippen LogP contribution in [0.25, 0.3) is 0 Å². The average Bonchev–Trinajstić information content (AvgIpc) is 2.03. The Morgan fingerprint density at radius 3 is 2.23 bits per heavy atom. The van der Waals surface area contributed by atoms with Gasteiger partial charge in [0.25, 0.3) is 0 Å². The van der Waals surface area contributed by atoms with Gasteiger partial charge in [-0.2, -0.15) is 0 Å². The molecule has 0 heterocycles. The van der Waals surface area contributed by atoms with E-state index in [1.807, 2.05) is 0 Å². The predicted molar refractivity (Wildman–Crippen MR) is 48.3 cm³/mol. The highest BCUT2D eigenvalue weighted by atomic mass is 16.6. The fraction of sp³-hybridized carbons (Fsp3) is 0.500. The first-order valence-corrected chi connectivity index (χ1v) is 3.53. The number of amides is 1. The zero-order valence-electron chi connectivity index (χ0n) is 7.74. The monoisotopic (exact) mass is 186 g/mol. The topological polar surface area (TPSA) is 81.4 Å². The fourth-order valence-electron chi connectivity index (χ4n) is 0.499. The van der Waals surface area contributed by atoms with E-state index in [0.29, 0.717) is 0 Å². The van der Waals surface area contributed by atoms with E-state index in [0.717, 1.165) is 0 Å². The molecule has 74 valence electrons. The Labute approximate surface area is 77.6 Å². The molecule has 0 saturated carbocycles. The molecule has 0 spiro atoms. The van der Waals surface area contributed by atoms with Crippen LogP contribution in [0.2, 0.25) is 0 Å². The second-order valence-electron chi connectivity index (χ2n) is 2.08. The molecule has 0 aliphatic rings. The van der Waals surface area contributed by atoms with Gasteiger partial charge in [0.05, 0.1) is 6.54 Å². The summed E-state index contributed by atoms with van der Waals surface area (Å²) in [7, 11) is 0. The summed E-state index contributed by atoms with van der Waals surface area (Å²) in [5.41, 5.74) is 5.27. The highest BCUT2D eigenvalue weighted by Crippen LogP contribution is 1.81. The summed E-state index contributed by atoms with van der Waals surface area (Å²) >= 11 is 0. The molecule has 0 rings (SSSR count). The van der Waals surface area contributed by atoms with Gasteiger partial charge in [0.15, 0.2) is 6.23 Å². The smallest absolute Gasteiger partial charge is 0.304 e. The molecule has 0 aromatic rings. The molecule has 0 aromatic heterocycles. The van der Waals surface area contributed by atoms with Gasteiger partial charge in [-0.3, -0.25) is 15.3 Å². The molecule has 0 unspecified atom stereocenters. The van der Waals surface area contributed by atoms with Gasteiger partial charge < -0.3 is 10.1 Å². The molecule has 1 atom stereocenters. The van der Waals surface area contributed by atoms with Crippen LogP contribution in [0.5, 0.6) is 0 Å². The Kier molecular flexibility index (Phi) is 9.22. The van der Waals surface area contributed by atoms with Crippen molar-refractivity contribution >= 4 is 11.9 Å². The van der Waals surface area contributed by atoms with Crippen LogP contribution in [0.4, 0.5) is 0 Å². The van der Waals surface area contributed by atoms with E-state index >= 15 is 0 Å². The molecule has 0 aromatic carbocycles. The minimum atomic E-state index is -0.753. The van der Waals surface area contributed by atoms with Gasteiger partial charge in [0.1, 0.15) is 0 Å². The van der Waals surface area contributed by atoms with Gasteiger partial charge in [-0.05, 0) is 0 Å². The molecule has 13 heavy (non-hydrogen) atoms. The lowest BCUT2D eigenvalue weighted by molar-refractivity contribution is -0.146. The van der Waals surface area contributed by atoms with Crippen molar-refractivity contribution in [2.75, 3.05) is 6.54 Å². The van der Waals surface area contributed by atoms with Crippen molar-refractivity contribution in [2.24, 2.45) is 5.73 Å². The number of carbonyl (C=O) groups excluding carboxylic acids is 2. The lowest BCUT2D eigenvalue weighted by Crippen LogP contribution is -2.39. The molecule has 5 nitrogen and oxygen atoms in total. The quantitative estimate of drug-likeness (QED) is 0.344. The van der Waals surface area contributed by atoms with E-state index in [4.69, 9.17) is 5.73 Å². The van der Waals surface area contributed by atoms with Crippen LogP contribution in [0.3, 0.4) is 0 Å². The summed E-state index contributed by atoms with van der Waals surface area (Å²) in [6.07, 6.45) is 7.25. The first-order valence-electron chi connectivity index (χ1n) is 3.53. The minimum absolute atomic E-state index is 0.148. The van der Waals surface area contributed by atoms with Crippen molar-refractivity contribution in [3.05, 3.63) is 0 Å². The van der Waals surface area contributed by atoms with E-state index in [9.17, 15) is 9.59 Å². The van der Waals surface area contributed by atoms with Crippen LogP contribution in [-0.2, 0) is 14.3 Å². The third kappa shape index (κ3) is 13.5. The standard InChI is InChI=1S/C6H12N2O3.C2H2/c1-4(9)8-3-6(7)11-5(2)10;1-2/h6H,3,7H2,1-2H3,(H,8,9);1-2H/t6-;/m1./s1. The van der Waals surface area contributed by atoms with Gasteiger partial charge in [-0.25, -0.2) is 0 Å². The molecular formula is C8H14N2O3. The van der Waals surface area contributed by atoms with E-state index < -0.39 is 12.2 Å². The van der Waals surface area contributed by atoms with E-state index in [1.54, 1.807) is 0 Å². The summed E-state index contributed by atoms with van der Waals surface area (Å²) in [6.45, 7) is 2.77. The van der Waals surface area contributed by atoms with Crippen LogP contribution in [0, 0.1) is 12.8 Å². The molecule has 0 saturated heterocycles. The maximum absolute atomic E-state index is 10.3. The van der Waals surface area contributed by atoms with Crippen LogP contribution in [-0.4, -0.2) is 24.6 Å². The summed E-state index contributed by atoms with van der Waals surface area (Å²) in [5.74, 6) is -0.657. The number of carbonyl (C=O) groups is 2. The molecule has 0 radical (unpaired) electrons. The maximum Gasteiger partial charge on any atom is 0.304 e. The SMILES string of the molecule is C#C.CC(=O)NC[C@H](N)OC(C)=O.